The SMILES string of the molecule is CN(CC(=O)Nc1nc(-c2ccc(Cl)cc2)cs1)C(=O)c1ccc(Br)s1. The van der Waals surface area contributed by atoms with Gasteiger partial charge < -0.3 is 10.2 Å². The Kier molecular flexibility index (Phi) is 6.08. The van der Waals surface area contributed by atoms with Gasteiger partial charge in [-0.25, -0.2) is 4.98 Å². The lowest BCUT2D eigenvalue weighted by molar-refractivity contribution is -0.116. The molecule has 5 nitrogen and oxygen atoms in total. The lowest BCUT2D eigenvalue weighted by atomic mass is 10.2. The number of carbonyl (C=O) groups excluding carboxylic acids is 2. The highest BCUT2D eigenvalue weighted by molar-refractivity contribution is 9.11. The zero-order valence-corrected chi connectivity index (χ0v) is 17.5. The molecule has 1 N–H and O–H groups in total. The molecule has 0 radical (unpaired) electrons. The van der Waals surface area contributed by atoms with Crippen LogP contribution in [0.3, 0.4) is 0 Å². The number of halogens is 2. The van der Waals surface area contributed by atoms with Crippen molar-refractivity contribution in [3.8, 4) is 11.3 Å². The summed E-state index contributed by atoms with van der Waals surface area (Å²) >= 11 is 11.9. The molecular weight excluding hydrogens is 458 g/mol. The number of thiophene rings is 1. The molecule has 0 bridgehead atoms. The molecule has 2 heterocycles. The highest BCUT2D eigenvalue weighted by Crippen LogP contribution is 2.26. The molecule has 134 valence electrons. The van der Waals surface area contributed by atoms with E-state index in [1.807, 2.05) is 17.5 Å². The first-order valence-electron chi connectivity index (χ1n) is 7.44. The Morgan fingerprint density at radius 2 is 1.96 bits per heavy atom. The third kappa shape index (κ3) is 4.70. The number of likely N-dealkylation sites (N-methyl/N-ethyl adjacent to an activating group) is 1. The molecule has 3 rings (SSSR count). The molecule has 2 amide bonds. The van der Waals surface area contributed by atoms with Crippen molar-refractivity contribution in [3.63, 3.8) is 0 Å². The minimum atomic E-state index is -0.298. The average Bonchev–Trinajstić information content (AvgIpc) is 3.24. The molecule has 0 fully saturated rings. The van der Waals surface area contributed by atoms with Gasteiger partial charge in [0.15, 0.2) is 5.13 Å². The minimum absolute atomic E-state index is 0.0514. The number of amides is 2. The van der Waals surface area contributed by atoms with Gasteiger partial charge >= 0.3 is 0 Å². The number of carbonyl (C=O) groups is 2. The second kappa shape index (κ2) is 8.30. The number of nitrogens with zero attached hydrogens (tertiary/aromatic N) is 2. The maximum Gasteiger partial charge on any atom is 0.264 e. The topological polar surface area (TPSA) is 62.3 Å². The molecule has 3 aromatic rings. The van der Waals surface area contributed by atoms with Crippen LogP contribution in [0.25, 0.3) is 11.3 Å². The van der Waals surface area contributed by atoms with Gasteiger partial charge in [-0.15, -0.1) is 22.7 Å². The summed E-state index contributed by atoms with van der Waals surface area (Å²) in [7, 11) is 1.59. The molecular formula is C17H13BrClN3O2S2. The smallest absolute Gasteiger partial charge is 0.264 e. The summed E-state index contributed by atoms with van der Waals surface area (Å²) < 4.78 is 0.871. The Morgan fingerprint density at radius 1 is 1.23 bits per heavy atom. The van der Waals surface area contributed by atoms with Gasteiger partial charge in [0.25, 0.3) is 5.91 Å². The van der Waals surface area contributed by atoms with Crippen molar-refractivity contribution in [2.24, 2.45) is 0 Å². The van der Waals surface area contributed by atoms with Gasteiger partial charge in [0.05, 0.1) is 20.9 Å². The zero-order valence-electron chi connectivity index (χ0n) is 13.5. The Labute approximate surface area is 171 Å². The fourth-order valence-corrected chi connectivity index (χ4v) is 4.39. The summed E-state index contributed by atoms with van der Waals surface area (Å²) in [6.07, 6.45) is 0. The van der Waals surface area contributed by atoms with Crippen LogP contribution in [0.1, 0.15) is 9.67 Å². The Hall–Kier alpha value is -1.74. The van der Waals surface area contributed by atoms with E-state index in [1.54, 1.807) is 31.3 Å². The molecule has 0 saturated heterocycles. The molecule has 0 aliphatic heterocycles. The second-order valence-corrected chi connectivity index (χ2v) is 9.12. The van der Waals surface area contributed by atoms with Crippen molar-refractivity contribution in [1.29, 1.82) is 0 Å². The van der Waals surface area contributed by atoms with Gasteiger partial charge in [-0.3, -0.25) is 9.59 Å². The van der Waals surface area contributed by atoms with Crippen LogP contribution in [0.2, 0.25) is 5.02 Å². The number of benzene rings is 1. The monoisotopic (exact) mass is 469 g/mol. The van der Waals surface area contributed by atoms with Crippen LogP contribution in [-0.2, 0) is 4.79 Å². The predicted molar refractivity (Wildman–Crippen MR) is 110 cm³/mol. The molecule has 2 aromatic heterocycles. The van der Waals surface area contributed by atoms with E-state index in [1.165, 1.54) is 27.6 Å². The standard InChI is InChI=1S/C17H13BrClN3O2S2/c1-22(16(24)13-6-7-14(18)26-13)8-15(23)21-17-20-12(9-25-17)10-2-4-11(19)5-3-10/h2-7,9H,8H2,1H3,(H,20,21,23). The second-order valence-electron chi connectivity index (χ2n) is 5.36. The van der Waals surface area contributed by atoms with Crippen LogP contribution in [0, 0.1) is 0 Å². The summed E-state index contributed by atoms with van der Waals surface area (Å²) in [5.41, 5.74) is 1.68. The van der Waals surface area contributed by atoms with E-state index in [0.29, 0.717) is 15.0 Å². The Morgan fingerprint density at radius 3 is 2.62 bits per heavy atom. The van der Waals surface area contributed by atoms with E-state index in [2.05, 4.69) is 26.2 Å². The quantitative estimate of drug-likeness (QED) is 0.571. The van der Waals surface area contributed by atoms with E-state index >= 15 is 0 Å². The molecule has 0 unspecified atom stereocenters. The van der Waals surface area contributed by atoms with Crippen LogP contribution >= 0.6 is 50.2 Å². The average molecular weight is 471 g/mol. The van der Waals surface area contributed by atoms with Crippen molar-refractivity contribution in [2.75, 3.05) is 18.9 Å². The van der Waals surface area contributed by atoms with E-state index in [9.17, 15) is 9.59 Å². The molecule has 1 aromatic carbocycles. The van der Waals surface area contributed by atoms with E-state index in [0.717, 1.165) is 15.0 Å². The number of thiazole rings is 1. The lowest BCUT2D eigenvalue weighted by Gasteiger charge is -2.15. The Bertz CT molecular complexity index is 940. The van der Waals surface area contributed by atoms with Crippen LogP contribution in [-0.4, -0.2) is 35.3 Å². The predicted octanol–water partition coefficient (Wildman–Crippen LogP) is 5.00. The van der Waals surface area contributed by atoms with E-state index in [4.69, 9.17) is 11.6 Å². The van der Waals surface area contributed by atoms with Gasteiger partial charge in [-0.2, -0.15) is 0 Å². The number of hydrogen-bond acceptors (Lipinski definition) is 5. The largest absolute Gasteiger partial charge is 0.332 e. The van der Waals surface area contributed by atoms with Crippen LogP contribution in [0.5, 0.6) is 0 Å². The highest BCUT2D eigenvalue weighted by Gasteiger charge is 2.17. The van der Waals surface area contributed by atoms with Gasteiger partial charge in [0.2, 0.25) is 5.91 Å². The lowest BCUT2D eigenvalue weighted by Crippen LogP contribution is -2.34. The third-order valence-electron chi connectivity index (χ3n) is 3.40. The summed E-state index contributed by atoms with van der Waals surface area (Å²) in [5.74, 6) is -0.495. The van der Waals surface area contributed by atoms with Gasteiger partial charge in [0, 0.05) is 23.0 Å². The van der Waals surface area contributed by atoms with E-state index < -0.39 is 0 Å². The zero-order chi connectivity index (χ0) is 18.7. The summed E-state index contributed by atoms with van der Waals surface area (Å²) in [6.45, 7) is -0.0514. The van der Waals surface area contributed by atoms with Gasteiger partial charge in [-0.1, -0.05) is 23.7 Å². The molecule has 9 heteroatoms. The number of aromatic nitrogens is 1. The van der Waals surface area contributed by atoms with Crippen molar-refractivity contribution < 1.29 is 9.59 Å². The fraction of sp³-hybridized carbons (Fsp3) is 0.118. The highest BCUT2D eigenvalue weighted by atomic mass is 79.9. The summed E-state index contributed by atoms with van der Waals surface area (Å²) in [5, 5.41) is 5.73. The maximum absolute atomic E-state index is 12.3. The van der Waals surface area contributed by atoms with Gasteiger partial charge in [-0.05, 0) is 40.2 Å². The van der Waals surface area contributed by atoms with Crippen molar-refractivity contribution >= 4 is 67.2 Å². The minimum Gasteiger partial charge on any atom is -0.332 e. The molecule has 0 saturated carbocycles. The molecule has 0 aliphatic rings. The van der Waals surface area contributed by atoms with Crippen molar-refractivity contribution in [3.05, 3.63) is 55.5 Å². The Balaban J connectivity index is 1.60. The number of rotatable bonds is 5. The van der Waals surface area contributed by atoms with Crippen molar-refractivity contribution in [1.82, 2.24) is 9.88 Å². The van der Waals surface area contributed by atoms with Crippen molar-refractivity contribution in [2.45, 2.75) is 0 Å². The number of anilines is 1. The third-order valence-corrected chi connectivity index (χ3v) is 6.02. The molecule has 0 aliphatic carbocycles. The normalized spacial score (nSPS) is 10.6. The first-order valence-corrected chi connectivity index (χ1v) is 10.3. The van der Waals surface area contributed by atoms with E-state index in [-0.39, 0.29) is 18.4 Å². The van der Waals surface area contributed by atoms with Crippen LogP contribution in [0.15, 0.2) is 45.6 Å². The summed E-state index contributed by atoms with van der Waals surface area (Å²) in [6, 6.07) is 10.9. The molecule has 26 heavy (non-hydrogen) atoms. The number of hydrogen-bond donors (Lipinski definition) is 1. The first-order chi connectivity index (χ1) is 12.4. The van der Waals surface area contributed by atoms with Crippen LogP contribution in [0.4, 0.5) is 5.13 Å². The van der Waals surface area contributed by atoms with Gasteiger partial charge in [0.1, 0.15) is 0 Å². The maximum atomic E-state index is 12.3. The van der Waals surface area contributed by atoms with Crippen LogP contribution < -0.4 is 5.32 Å². The molecule has 0 atom stereocenters. The first kappa shape index (κ1) is 19.0. The summed E-state index contributed by atoms with van der Waals surface area (Å²) in [4.78, 5) is 30.8. The fourth-order valence-electron chi connectivity index (χ4n) is 2.15. The molecule has 0 spiro atoms. The number of nitrogens with one attached hydrogen (secondary N) is 1.